The van der Waals surface area contributed by atoms with Gasteiger partial charge in [0.2, 0.25) is 12.7 Å². The summed E-state index contributed by atoms with van der Waals surface area (Å²) in [6.07, 6.45) is 1.94. The van der Waals surface area contributed by atoms with Crippen LogP contribution in [0.25, 0.3) is 11.1 Å². The third-order valence-electron chi connectivity index (χ3n) is 7.72. The molecule has 4 N–H and O–H groups in total. The van der Waals surface area contributed by atoms with E-state index in [0.29, 0.717) is 29.2 Å². The second kappa shape index (κ2) is 10.1. The molecule has 0 spiro atoms. The fraction of sp³-hybridized carbons (Fsp3) is 0.333. The topological polar surface area (TPSA) is 117 Å². The van der Waals surface area contributed by atoms with Crippen LogP contribution in [0, 0.1) is 6.92 Å². The molecule has 3 aromatic rings. The number of benzene rings is 3. The van der Waals surface area contributed by atoms with Crippen molar-refractivity contribution in [1.29, 1.82) is 0 Å². The number of hydrogen-bond donors (Lipinski definition) is 4. The Labute approximate surface area is 221 Å². The number of anilines is 1. The van der Waals surface area contributed by atoms with Crippen molar-refractivity contribution in [2.45, 2.75) is 44.1 Å². The highest BCUT2D eigenvalue weighted by molar-refractivity contribution is 6.02. The highest BCUT2D eigenvalue weighted by Gasteiger charge is 2.51. The lowest BCUT2D eigenvalue weighted by Crippen LogP contribution is -2.53. The van der Waals surface area contributed by atoms with Gasteiger partial charge in [0.05, 0.1) is 24.2 Å². The highest BCUT2D eigenvalue weighted by Crippen LogP contribution is 2.51. The van der Waals surface area contributed by atoms with Crippen molar-refractivity contribution in [2.24, 2.45) is 0 Å². The normalized spacial score (nSPS) is 15.2. The van der Waals surface area contributed by atoms with E-state index in [4.69, 9.17) is 9.47 Å². The van der Waals surface area contributed by atoms with Gasteiger partial charge in [0, 0.05) is 11.3 Å². The molecule has 0 atom stereocenters. The number of carbonyl (C=O) groups excluding carboxylic acids is 2. The average Bonchev–Trinajstić information content (AvgIpc) is 3.63. The van der Waals surface area contributed by atoms with E-state index in [1.807, 2.05) is 55.5 Å². The van der Waals surface area contributed by atoms with Crippen LogP contribution in [0.5, 0.6) is 11.5 Å². The van der Waals surface area contributed by atoms with E-state index >= 15 is 0 Å². The van der Waals surface area contributed by atoms with Gasteiger partial charge in [-0.05, 0) is 84.8 Å². The fourth-order valence-corrected chi connectivity index (χ4v) is 4.78. The highest BCUT2D eigenvalue weighted by atomic mass is 16.7. The molecule has 5 rings (SSSR count). The summed E-state index contributed by atoms with van der Waals surface area (Å²) in [6, 6.07) is 18.6. The van der Waals surface area contributed by atoms with Crippen LogP contribution in [0.1, 0.15) is 47.7 Å². The van der Waals surface area contributed by atoms with Crippen LogP contribution in [0.3, 0.4) is 0 Å². The molecule has 8 heteroatoms. The lowest BCUT2D eigenvalue weighted by molar-refractivity contribution is -0.118. The predicted octanol–water partition coefficient (Wildman–Crippen LogP) is 3.92. The van der Waals surface area contributed by atoms with Gasteiger partial charge in [-0.2, -0.15) is 0 Å². The summed E-state index contributed by atoms with van der Waals surface area (Å²) in [5.41, 5.74) is 3.29. The first-order valence-electron chi connectivity index (χ1n) is 12.8. The maximum absolute atomic E-state index is 13.4. The van der Waals surface area contributed by atoms with Crippen molar-refractivity contribution in [3.63, 3.8) is 0 Å². The Morgan fingerprint density at radius 2 is 1.66 bits per heavy atom. The molecule has 2 aliphatic rings. The first-order chi connectivity index (χ1) is 18.3. The molecule has 1 saturated carbocycles. The summed E-state index contributed by atoms with van der Waals surface area (Å²) < 4.78 is 10.9. The third kappa shape index (κ3) is 4.73. The number of aryl methyl sites for hydroxylation is 1. The Kier molecular flexibility index (Phi) is 6.86. The van der Waals surface area contributed by atoms with Crippen LogP contribution in [0.2, 0.25) is 0 Å². The quantitative estimate of drug-likeness (QED) is 0.343. The van der Waals surface area contributed by atoms with Crippen LogP contribution in [-0.4, -0.2) is 47.6 Å². The largest absolute Gasteiger partial charge is 0.454 e. The van der Waals surface area contributed by atoms with Crippen molar-refractivity contribution in [3.05, 3.63) is 77.4 Å². The summed E-state index contributed by atoms with van der Waals surface area (Å²) in [4.78, 5) is 26.1. The summed E-state index contributed by atoms with van der Waals surface area (Å²) in [7, 11) is 0. The van der Waals surface area contributed by atoms with E-state index in [2.05, 4.69) is 10.6 Å². The van der Waals surface area contributed by atoms with Crippen LogP contribution in [0.15, 0.2) is 60.7 Å². The minimum Gasteiger partial charge on any atom is -0.454 e. The molecule has 0 bridgehead atoms. The molecule has 1 fully saturated rings. The molecular formula is C30H32N2O6. The molecule has 198 valence electrons. The number of hydrogen-bond acceptors (Lipinski definition) is 6. The Bertz CT molecular complexity index is 1350. The van der Waals surface area contributed by atoms with Gasteiger partial charge < -0.3 is 30.3 Å². The Hall–Kier alpha value is -3.88. The van der Waals surface area contributed by atoms with Crippen LogP contribution in [-0.2, 0) is 10.2 Å². The summed E-state index contributed by atoms with van der Waals surface area (Å²) in [5.74, 6) is 0.954. The van der Waals surface area contributed by atoms with E-state index < -0.39 is 11.0 Å². The smallest absolute Gasteiger partial charge is 0.251 e. The summed E-state index contributed by atoms with van der Waals surface area (Å²) >= 11 is 0. The van der Waals surface area contributed by atoms with Crippen LogP contribution >= 0.6 is 0 Å². The fourth-order valence-electron chi connectivity index (χ4n) is 4.78. The minimum atomic E-state index is -1.06. The number of amides is 2. The molecule has 0 saturated heterocycles. The van der Waals surface area contributed by atoms with Gasteiger partial charge in [-0.3, -0.25) is 9.59 Å². The minimum absolute atomic E-state index is 0.0506. The molecule has 2 amide bonds. The molecule has 1 heterocycles. The van der Waals surface area contributed by atoms with E-state index in [1.54, 1.807) is 19.1 Å². The van der Waals surface area contributed by atoms with E-state index in [-0.39, 0.29) is 31.8 Å². The molecule has 1 aliphatic carbocycles. The maximum atomic E-state index is 13.4. The maximum Gasteiger partial charge on any atom is 0.251 e. The molecule has 1 aliphatic heterocycles. The van der Waals surface area contributed by atoms with E-state index in [1.165, 1.54) is 0 Å². The van der Waals surface area contributed by atoms with Gasteiger partial charge in [-0.1, -0.05) is 31.2 Å². The SMILES string of the molecule is CCC(CO)(CO)NC(=O)c1ccc(-c2cc(NC(=O)C3(c4ccc5c(c4)OCO5)CC3)ccc2C)cc1. The number of fused-ring (bicyclic) bond motifs is 1. The Morgan fingerprint density at radius 1 is 0.947 bits per heavy atom. The summed E-state index contributed by atoms with van der Waals surface area (Å²) in [6.45, 7) is 3.29. The molecule has 0 radical (unpaired) electrons. The second-order valence-electron chi connectivity index (χ2n) is 10.1. The zero-order valence-corrected chi connectivity index (χ0v) is 21.5. The molecule has 0 unspecified atom stereocenters. The third-order valence-corrected chi connectivity index (χ3v) is 7.72. The number of carbonyl (C=O) groups is 2. The lowest BCUT2D eigenvalue weighted by atomic mass is 9.94. The Balaban J connectivity index is 1.32. The average molecular weight is 517 g/mol. The molecule has 38 heavy (non-hydrogen) atoms. The van der Waals surface area contributed by atoms with Gasteiger partial charge in [-0.25, -0.2) is 0 Å². The number of ether oxygens (including phenoxy) is 2. The standard InChI is InChI=1S/C30H32N2O6/c1-3-29(16-33,17-34)32-27(35)21-7-5-20(6-8-21)24-15-23(10-4-19(24)2)31-28(36)30(12-13-30)22-9-11-25-26(14-22)38-18-37-25/h4-11,14-15,33-34H,3,12-13,16-18H2,1-2H3,(H,31,36)(H,32,35). The number of aliphatic hydroxyl groups excluding tert-OH is 2. The summed E-state index contributed by atoms with van der Waals surface area (Å²) in [5, 5.41) is 25.1. The Morgan fingerprint density at radius 3 is 2.32 bits per heavy atom. The number of aliphatic hydroxyl groups is 2. The number of rotatable bonds is 9. The molecular weight excluding hydrogens is 484 g/mol. The van der Waals surface area contributed by atoms with E-state index in [9.17, 15) is 19.8 Å². The van der Waals surface area contributed by atoms with Gasteiger partial charge in [0.1, 0.15) is 0 Å². The van der Waals surface area contributed by atoms with Crippen LogP contribution in [0.4, 0.5) is 5.69 Å². The van der Waals surface area contributed by atoms with Crippen molar-refractivity contribution in [1.82, 2.24) is 5.32 Å². The van der Waals surface area contributed by atoms with Crippen LogP contribution < -0.4 is 20.1 Å². The van der Waals surface area contributed by atoms with Gasteiger partial charge in [0.15, 0.2) is 11.5 Å². The number of nitrogens with one attached hydrogen (secondary N) is 2. The predicted molar refractivity (Wildman–Crippen MR) is 143 cm³/mol. The molecule has 8 nitrogen and oxygen atoms in total. The van der Waals surface area contributed by atoms with Gasteiger partial charge >= 0.3 is 0 Å². The van der Waals surface area contributed by atoms with Crippen molar-refractivity contribution in [3.8, 4) is 22.6 Å². The van der Waals surface area contributed by atoms with Gasteiger partial charge in [-0.15, -0.1) is 0 Å². The van der Waals surface area contributed by atoms with E-state index in [0.717, 1.165) is 35.1 Å². The monoisotopic (exact) mass is 516 g/mol. The first-order valence-corrected chi connectivity index (χ1v) is 12.8. The van der Waals surface area contributed by atoms with Crippen molar-refractivity contribution in [2.75, 3.05) is 25.3 Å². The van der Waals surface area contributed by atoms with Gasteiger partial charge in [0.25, 0.3) is 5.91 Å². The van der Waals surface area contributed by atoms with Crippen molar-refractivity contribution < 1.29 is 29.3 Å². The first kappa shape index (κ1) is 25.8. The zero-order chi connectivity index (χ0) is 26.9. The lowest BCUT2D eigenvalue weighted by Gasteiger charge is -2.29. The second-order valence-corrected chi connectivity index (χ2v) is 10.1. The van der Waals surface area contributed by atoms with Crippen molar-refractivity contribution >= 4 is 17.5 Å². The zero-order valence-electron chi connectivity index (χ0n) is 21.5. The molecule has 3 aromatic carbocycles. The molecule has 0 aromatic heterocycles.